The molecule has 0 heterocycles. The first-order valence-corrected chi connectivity index (χ1v) is 6.60. The molecule has 4 heteroatoms. The van der Waals surface area contributed by atoms with Crippen LogP contribution < -0.4 is 0 Å². The summed E-state index contributed by atoms with van der Waals surface area (Å²) in [4.78, 5) is 0. The molecule has 0 radical (unpaired) electrons. The van der Waals surface area contributed by atoms with Gasteiger partial charge in [0, 0.05) is 0 Å². The smallest absolute Gasteiger partial charge is 0.125 e. The largest absolute Gasteiger partial charge is 0.771 e. The Balaban J connectivity index is 2.59. The summed E-state index contributed by atoms with van der Waals surface area (Å²) in [6.45, 7) is 0. The summed E-state index contributed by atoms with van der Waals surface area (Å²) in [6, 6.07) is 17.9. The molecule has 0 aliphatic carbocycles. The fraction of sp³-hybridized carbons (Fsp3) is 0.0769. The fourth-order valence-corrected chi connectivity index (χ4v) is 2.64. The van der Waals surface area contributed by atoms with Gasteiger partial charge in [0.25, 0.3) is 0 Å². The van der Waals surface area contributed by atoms with Crippen molar-refractivity contribution in [3.63, 3.8) is 0 Å². The van der Waals surface area contributed by atoms with Gasteiger partial charge in [-0.25, -0.2) is 0 Å². The van der Waals surface area contributed by atoms with Gasteiger partial charge in [0.05, 0.1) is 0 Å². The zero-order valence-electron chi connectivity index (χ0n) is 8.95. The van der Waals surface area contributed by atoms with Crippen molar-refractivity contribution < 1.29 is 8.76 Å². The molecule has 0 saturated carbocycles. The monoisotopic (exact) mass is 263 g/mol. The third-order valence-corrected chi connectivity index (χ3v) is 4.49. The molecule has 0 N–H and O–H groups in total. The second-order valence-electron chi connectivity index (χ2n) is 3.61. The van der Waals surface area contributed by atoms with Gasteiger partial charge in [-0.1, -0.05) is 60.7 Å². The number of rotatable bonds is 3. The summed E-state index contributed by atoms with van der Waals surface area (Å²) in [5.41, 5.74) is 1.28. The summed E-state index contributed by atoms with van der Waals surface area (Å²) < 4.78 is 21.8. The summed E-state index contributed by atoms with van der Waals surface area (Å²) in [5, 5.41) is 0. The highest BCUT2D eigenvalue weighted by Gasteiger charge is 2.31. The Labute approximate surface area is 108 Å². The molecule has 1 atom stereocenters. The zero-order valence-corrected chi connectivity index (χ0v) is 10.7. The van der Waals surface area contributed by atoms with Crippen LogP contribution in [0.5, 0.6) is 0 Å². The molecule has 88 valence electrons. The minimum Gasteiger partial charge on any atom is -0.771 e. The van der Waals surface area contributed by atoms with Gasteiger partial charge in [-0.05, 0) is 22.2 Å². The highest BCUT2D eigenvalue weighted by molar-refractivity contribution is 7.99. The molecule has 0 bridgehead atoms. The lowest BCUT2D eigenvalue weighted by Gasteiger charge is -2.32. The standard InChI is InChI=1S/C13H12O2S2/c14-17(15)13(16,11-7-3-1-4-8-11)12-9-5-2-6-10-12/h1-10,16H,(H,14,15)/p-1. The van der Waals surface area contributed by atoms with Crippen molar-refractivity contribution >= 4 is 23.7 Å². The molecule has 0 amide bonds. The van der Waals surface area contributed by atoms with E-state index >= 15 is 0 Å². The number of benzene rings is 2. The van der Waals surface area contributed by atoms with Crippen molar-refractivity contribution in [3.05, 3.63) is 71.8 Å². The van der Waals surface area contributed by atoms with Crippen LogP contribution in [-0.2, 0) is 15.2 Å². The maximum absolute atomic E-state index is 11.5. The predicted octanol–water partition coefficient (Wildman–Crippen LogP) is 2.70. The summed E-state index contributed by atoms with van der Waals surface area (Å²) in [5.74, 6) is 0. The minimum atomic E-state index is -2.36. The topological polar surface area (TPSA) is 40.1 Å². The van der Waals surface area contributed by atoms with Gasteiger partial charge in [-0.2, -0.15) is 12.6 Å². The van der Waals surface area contributed by atoms with Crippen molar-refractivity contribution in [1.82, 2.24) is 0 Å². The molecule has 1 unspecified atom stereocenters. The van der Waals surface area contributed by atoms with E-state index in [9.17, 15) is 8.76 Å². The first-order chi connectivity index (χ1) is 8.15. The first-order valence-electron chi connectivity index (χ1n) is 5.08. The molecule has 17 heavy (non-hydrogen) atoms. The summed E-state index contributed by atoms with van der Waals surface area (Å²) >= 11 is 2.02. The number of hydrogen-bond donors (Lipinski definition) is 1. The second-order valence-corrected chi connectivity index (χ2v) is 5.67. The van der Waals surface area contributed by atoms with Crippen LogP contribution >= 0.6 is 12.6 Å². The fourth-order valence-electron chi connectivity index (χ4n) is 1.69. The summed E-state index contributed by atoms with van der Waals surface area (Å²) in [6.07, 6.45) is 0. The molecular formula is C13H11O2S2-. The Morgan fingerprint density at radius 2 is 1.24 bits per heavy atom. The van der Waals surface area contributed by atoms with E-state index in [1.54, 1.807) is 48.5 Å². The average Bonchev–Trinajstić information content (AvgIpc) is 2.39. The Hall–Kier alpha value is -1.10. The maximum Gasteiger partial charge on any atom is 0.125 e. The molecule has 2 rings (SSSR count). The van der Waals surface area contributed by atoms with Crippen LogP contribution in [0.15, 0.2) is 60.7 Å². The van der Waals surface area contributed by atoms with Crippen molar-refractivity contribution in [2.24, 2.45) is 0 Å². The third kappa shape index (κ3) is 2.29. The van der Waals surface area contributed by atoms with Crippen molar-refractivity contribution in [3.8, 4) is 0 Å². The van der Waals surface area contributed by atoms with E-state index in [4.69, 9.17) is 0 Å². The Morgan fingerprint density at radius 3 is 1.53 bits per heavy atom. The second kappa shape index (κ2) is 5.04. The normalized spacial score (nSPS) is 13.3. The molecule has 0 saturated heterocycles. The predicted molar refractivity (Wildman–Crippen MR) is 71.6 cm³/mol. The minimum absolute atomic E-state index is 0.642. The van der Waals surface area contributed by atoms with E-state index in [1.165, 1.54) is 0 Å². The van der Waals surface area contributed by atoms with Crippen molar-refractivity contribution in [2.45, 2.75) is 4.08 Å². The van der Waals surface area contributed by atoms with Gasteiger partial charge < -0.3 is 4.55 Å². The molecule has 0 aromatic heterocycles. The molecule has 2 aromatic carbocycles. The van der Waals surface area contributed by atoms with Gasteiger partial charge >= 0.3 is 0 Å². The molecule has 0 aliphatic rings. The highest BCUT2D eigenvalue weighted by Crippen LogP contribution is 2.38. The number of thiol groups is 1. The van der Waals surface area contributed by atoms with Crippen LogP contribution in [-0.4, -0.2) is 8.76 Å². The van der Waals surface area contributed by atoms with Crippen molar-refractivity contribution in [1.29, 1.82) is 0 Å². The van der Waals surface area contributed by atoms with Crippen LogP contribution in [0.2, 0.25) is 0 Å². The SMILES string of the molecule is O=S([O-])C(S)(c1ccccc1)c1ccccc1. The van der Waals surface area contributed by atoms with Crippen LogP contribution in [0.25, 0.3) is 0 Å². The molecule has 2 aromatic rings. The first kappa shape index (κ1) is 12.4. The molecule has 0 fully saturated rings. The lowest BCUT2D eigenvalue weighted by molar-refractivity contribution is 0.526. The molecule has 0 aliphatic heterocycles. The highest BCUT2D eigenvalue weighted by atomic mass is 32.2. The van der Waals surface area contributed by atoms with Crippen LogP contribution in [0.1, 0.15) is 11.1 Å². The van der Waals surface area contributed by atoms with Crippen LogP contribution in [0, 0.1) is 0 Å². The lowest BCUT2D eigenvalue weighted by atomic mass is 10.0. The number of hydrogen-bond acceptors (Lipinski definition) is 3. The lowest BCUT2D eigenvalue weighted by Crippen LogP contribution is -2.26. The van der Waals surface area contributed by atoms with E-state index in [-0.39, 0.29) is 0 Å². The zero-order chi connectivity index (χ0) is 12.3. The van der Waals surface area contributed by atoms with Gasteiger partial charge in [0.2, 0.25) is 0 Å². The van der Waals surface area contributed by atoms with E-state index in [1.807, 2.05) is 12.1 Å². The Kier molecular flexibility index (Phi) is 3.66. The third-order valence-electron chi connectivity index (χ3n) is 2.57. The van der Waals surface area contributed by atoms with Crippen molar-refractivity contribution in [2.75, 3.05) is 0 Å². The van der Waals surface area contributed by atoms with E-state index < -0.39 is 15.2 Å². The van der Waals surface area contributed by atoms with Crippen LogP contribution in [0.4, 0.5) is 0 Å². The average molecular weight is 263 g/mol. The van der Waals surface area contributed by atoms with Gasteiger partial charge in [-0.15, -0.1) is 0 Å². The quantitative estimate of drug-likeness (QED) is 0.683. The summed E-state index contributed by atoms with van der Waals surface area (Å²) in [7, 11) is 0. The maximum atomic E-state index is 11.5. The molecular weight excluding hydrogens is 252 g/mol. The van der Waals surface area contributed by atoms with E-state index in [0.717, 1.165) is 0 Å². The molecule has 2 nitrogen and oxygen atoms in total. The Morgan fingerprint density at radius 1 is 0.882 bits per heavy atom. The van der Waals surface area contributed by atoms with E-state index in [2.05, 4.69) is 12.6 Å². The molecule has 0 spiro atoms. The van der Waals surface area contributed by atoms with Crippen LogP contribution in [0.3, 0.4) is 0 Å². The van der Waals surface area contributed by atoms with Gasteiger partial charge in [0.1, 0.15) is 4.08 Å². The van der Waals surface area contributed by atoms with Gasteiger partial charge in [0.15, 0.2) is 0 Å². The van der Waals surface area contributed by atoms with Gasteiger partial charge in [-0.3, -0.25) is 4.21 Å². The Bertz CT molecular complexity index is 472. The van der Waals surface area contributed by atoms with E-state index in [0.29, 0.717) is 11.1 Å².